The molecule has 1 aliphatic carbocycles. The number of rotatable bonds is 4. The summed E-state index contributed by atoms with van der Waals surface area (Å²) in [5.41, 5.74) is 5.31. The predicted octanol–water partition coefficient (Wildman–Crippen LogP) is 4.49. The molecule has 0 heterocycles. The molecule has 1 aromatic carbocycles. The summed E-state index contributed by atoms with van der Waals surface area (Å²) in [7, 11) is 5.97. The van der Waals surface area contributed by atoms with Crippen molar-refractivity contribution in [1.82, 2.24) is 0 Å². The highest BCUT2D eigenvalue weighted by molar-refractivity contribution is 5.59. The Bertz CT molecular complexity index is 574. The van der Waals surface area contributed by atoms with Crippen molar-refractivity contribution in [2.24, 2.45) is 0 Å². The van der Waals surface area contributed by atoms with Crippen LogP contribution in [0.15, 0.2) is 35.9 Å². The molecule has 114 valence electrons. The molecular formula is C19H27NO. The van der Waals surface area contributed by atoms with E-state index in [0.29, 0.717) is 0 Å². The molecule has 2 nitrogen and oxygen atoms in total. The fourth-order valence-corrected chi connectivity index (χ4v) is 2.73. The number of methoxy groups -OCH3 is 1. The molecule has 1 aromatic rings. The Hall–Kier alpha value is -1.70. The standard InChI is InChI=1S/C19H27NO/c1-19(2,3)17-13-16(20(4)5)12-15(18(17)21-6)11-14-9-7-8-10-14/h7-9,12-13H,10-11H2,1-6H3. The minimum absolute atomic E-state index is 0.0639. The molecular weight excluding hydrogens is 258 g/mol. The summed E-state index contributed by atoms with van der Waals surface area (Å²) in [6, 6.07) is 4.51. The molecule has 21 heavy (non-hydrogen) atoms. The zero-order valence-corrected chi connectivity index (χ0v) is 14.2. The minimum atomic E-state index is 0.0639. The number of ether oxygens (including phenoxy) is 1. The van der Waals surface area contributed by atoms with Crippen molar-refractivity contribution in [2.45, 2.75) is 39.0 Å². The molecule has 0 radical (unpaired) electrons. The monoisotopic (exact) mass is 285 g/mol. The van der Waals surface area contributed by atoms with Gasteiger partial charge in [-0.25, -0.2) is 0 Å². The molecule has 0 amide bonds. The van der Waals surface area contributed by atoms with E-state index in [1.807, 2.05) is 0 Å². The number of nitrogens with zero attached hydrogens (tertiary/aromatic N) is 1. The second kappa shape index (κ2) is 5.97. The highest BCUT2D eigenvalue weighted by atomic mass is 16.5. The first-order chi connectivity index (χ1) is 9.82. The Morgan fingerprint density at radius 3 is 2.38 bits per heavy atom. The highest BCUT2D eigenvalue weighted by Crippen LogP contribution is 2.38. The average Bonchev–Trinajstić information content (AvgIpc) is 2.89. The lowest BCUT2D eigenvalue weighted by Crippen LogP contribution is -2.17. The Kier molecular flexibility index (Phi) is 4.46. The minimum Gasteiger partial charge on any atom is -0.496 e. The molecule has 0 bridgehead atoms. The lowest BCUT2D eigenvalue weighted by Gasteiger charge is -2.27. The molecule has 0 atom stereocenters. The maximum Gasteiger partial charge on any atom is 0.126 e. The zero-order valence-electron chi connectivity index (χ0n) is 14.2. The van der Waals surface area contributed by atoms with Crippen LogP contribution in [-0.2, 0) is 11.8 Å². The lowest BCUT2D eigenvalue weighted by molar-refractivity contribution is 0.393. The number of anilines is 1. The van der Waals surface area contributed by atoms with Crippen LogP contribution in [0, 0.1) is 0 Å². The van der Waals surface area contributed by atoms with E-state index in [-0.39, 0.29) is 5.41 Å². The van der Waals surface area contributed by atoms with Gasteiger partial charge in [0.25, 0.3) is 0 Å². The van der Waals surface area contributed by atoms with Crippen molar-refractivity contribution in [2.75, 3.05) is 26.1 Å². The van der Waals surface area contributed by atoms with Crippen LogP contribution in [0.2, 0.25) is 0 Å². The maximum absolute atomic E-state index is 5.78. The highest BCUT2D eigenvalue weighted by Gasteiger charge is 2.23. The number of allylic oxidation sites excluding steroid dienone is 4. The van der Waals surface area contributed by atoms with Crippen molar-refractivity contribution in [3.8, 4) is 5.75 Å². The number of hydrogen-bond acceptors (Lipinski definition) is 2. The zero-order chi connectivity index (χ0) is 15.6. The second-order valence-electron chi connectivity index (χ2n) is 6.96. The van der Waals surface area contributed by atoms with Crippen molar-refractivity contribution >= 4 is 5.69 Å². The van der Waals surface area contributed by atoms with Crippen LogP contribution >= 0.6 is 0 Å². The van der Waals surface area contributed by atoms with Gasteiger partial charge in [-0.3, -0.25) is 0 Å². The van der Waals surface area contributed by atoms with Crippen molar-refractivity contribution < 1.29 is 4.74 Å². The predicted molar refractivity (Wildman–Crippen MR) is 91.6 cm³/mol. The van der Waals surface area contributed by atoms with Crippen molar-refractivity contribution in [1.29, 1.82) is 0 Å². The van der Waals surface area contributed by atoms with Gasteiger partial charge in [-0.1, -0.05) is 44.6 Å². The van der Waals surface area contributed by atoms with E-state index in [4.69, 9.17) is 4.74 Å². The lowest BCUT2D eigenvalue weighted by atomic mass is 9.83. The Morgan fingerprint density at radius 2 is 1.90 bits per heavy atom. The summed E-state index contributed by atoms with van der Waals surface area (Å²) in [5, 5.41) is 0. The van der Waals surface area contributed by atoms with Gasteiger partial charge in [-0.2, -0.15) is 0 Å². The first-order valence-electron chi connectivity index (χ1n) is 7.56. The molecule has 0 spiro atoms. The van der Waals surface area contributed by atoms with Gasteiger partial charge in [-0.15, -0.1) is 0 Å². The quantitative estimate of drug-likeness (QED) is 0.808. The SMILES string of the molecule is COc1c(CC2=CC=CC2)cc(N(C)C)cc1C(C)(C)C. The fraction of sp³-hybridized carbons (Fsp3) is 0.474. The molecule has 0 saturated heterocycles. The molecule has 0 aliphatic heterocycles. The summed E-state index contributed by atoms with van der Waals surface area (Å²) in [4.78, 5) is 2.17. The normalized spacial score (nSPS) is 14.3. The van der Waals surface area contributed by atoms with Crippen molar-refractivity contribution in [3.05, 3.63) is 47.1 Å². The van der Waals surface area contributed by atoms with Gasteiger partial charge in [0, 0.05) is 30.9 Å². The molecule has 2 rings (SSSR count). The summed E-state index contributed by atoms with van der Waals surface area (Å²) >= 11 is 0. The van der Waals surface area contributed by atoms with Crippen LogP contribution < -0.4 is 9.64 Å². The first kappa shape index (κ1) is 15.7. The van der Waals surface area contributed by atoms with Crippen LogP contribution in [0.3, 0.4) is 0 Å². The topological polar surface area (TPSA) is 12.5 Å². The summed E-state index contributed by atoms with van der Waals surface area (Å²) in [6.07, 6.45) is 8.59. The van der Waals surface area contributed by atoms with Crippen LogP contribution in [-0.4, -0.2) is 21.2 Å². The van der Waals surface area contributed by atoms with E-state index in [1.54, 1.807) is 7.11 Å². The molecule has 0 unspecified atom stereocenters. The Morgan fingerprint density at radius 1 is 1.19 bits per heavy atom. The smallest absolute Gasteiger partial charge is 0.126 e. The van der Waals surface area contributed by atoms with Gasteiger partial charge in [0.15, 0.2) is 0 Å². The van der Waals surface area contributed by atoms with Crippen molar-refractivity contribution in [3.63, 3.8) is 0 Å². The third kappa shape index (κ3) is 3.49. The van der Waals surface area contributed by atoms with E-state index in [2.05, 4.69) is 70.1 Å². The van der Waals surface area contributed by atoms with E-state index in [9.17, 15) is 0 Å². The van der Waals surface area contributed by atoms with Gasteiger partial charge >= 0.3 is 0 Å². The maximum atomic E-state index is 5.78. The average molecular weight is 285 g/mol. The Balaban J connectivity index is 2.52. The van der Waals surface area contributed by atoms with Crippen LogP contribution in [0.5, 0.6) is 5.75 Å². The van der Waals surface area contributed by atoms with E-state index < -0.39 is 0 Å². The van der Waals surface area contributed by atoms with E-state index >= 15 is 0 Å². The summed E-state index contributed by atoms with van der Waals surface area (Å²) in [5.74, 6) is 1.04. The number of benzene rings is 1. The molecule has 0 saturated carbocycles. The van der Waals surface area contributed by atoms with Gasteiger partial charge in [0.05, 0.1) is 7.11 Å². The molecule has 2 heteroatoms. The largest absolute Gasteiger partial charge is 0.496 e. The van der Waals surface area contributed by atoms with Crippen LogP contribution in [0.4, 0.5) is 5.69 Å². The van der Waals surface area contributed by atoms with Crippen LogP contribution in [0.25, 0.3) is 0 Å². The number of hydrogen-bond donors (Lipinski definition) is 0. The van der Waals surface area contributed by atoms with E-state index in [1.165, 1.54) is 22.4 Å². The van der Waals surface area contributed by atoms with E-state index in [0.717, 1.165) is 18.6 Å². The third-order valence-electron chi connectivity index (χ3n) is 3.94. The second-order valence-corrected chi connectivity index (χ2v) is 6.96. The molecule has 0 fully saturated rings. The van der Waals surface area contributed by atoms with Crippen LogP contribution in [0.1, 0.15) is 38.3 Å². The van der Waals surface area contributed by atoms with Gasteiger partial charge in [0.1, 0.15) is 5.75 Å². The van der Waals surface area contributed by atoms with Gasteiger partial charge < -0.3 is 9.64 Å². The Labute approximate surface area is 129 Å². The molecule has 0 aromatic heterocycles. The molecule has 1 aliphatic rings. The summed E-state index contributed by atoms with van der Waals surface area (Å²) in [6.45, 7) is 6.72. The fourth-order valence-electron chi connectivity index (χ4n) is 2.73. The third-order valence-corrected chi connectivity index (χ3v) is 3.94. The molecule has 0 N–H and O–H groups in total. The first-order valence-corrected chi connectivity index (χ1v) is 7.56. The van der Waals surface area contributed by atoms with Gasteiger partial charge in [0.2, 0.25) is 0 Å². The van der Waals surface area contributed by atoms with Gasteiger partial charge in [-0.05, 0) is 30.4 Å². The summed E-state index contributed by atoms with van der Waals surface area (Å²) < 4.78 is 5.78.